The summed E-state index contributed by atoms with van der Waals surface area (Å²) < 4.78 is 0. The molecule has 3 heteroatoms. The summed E-state index contributed by atoms with van der Waals surface area (Å²) in [6, 6.07) is 0.233. The van der Waals surface area contributed by atoms with Crippen LogP contribution in [0.4, 0.5) is 0 Å². The van der Waals surface area contributed by atoms with Crippen LogP contribution in [0.3, 0.4) is 0 Å². The van der Waals surface area contributed by atoms with E-state index in [1.165, 1.54) is 12.8 Å². The molecule has 3 N–H and O–H groups in total. The van der Waals surface area contributed by atoms with Gasteiger partial charge in [-0.3, -0.25) is 4.79 Å². The van der Waals surface area contributed by atoms with Crippen molar-refractivity contribution in [1.82, 2.24) is 5.32 Å². The predicted molar refractivity (Wildman–Crippen MR) is 71.6 cm³/mol. The van der Waals surface area contributed by atoms with Crippen LogP contribution in [-0.4, -0.2) is 18.5 Å². The van der Waals surface area contributed by atoms with Gasteiger partial charge < -0.3 is 11.1 Å². The molecule has 0 radical (unpaired) electrons. The topological polar surface area (TPSA) is 55.1 Å². The molecule has 1 rings (SSSR count). The van der Waals surface area contributed by atoms with Gasteiger partial charge in [0.05, 0.1) is 0 Å². The Morgan fingerprint density at radius 3 is 2.53 bits per heavy atom. The zero-order valence-electron chi connectivity index (χ0n) is 11.5. The Bertz CT molecular complexity index is 240. The smallest absolute Gasteiger partial charge is 0.220 e. The van der Waals surface area contributed by atoms with Gasteiger partial charge in [-0.2, -0.15) is 0 Å². The number of amides is 1. The number of carbonyl (C=O) groups excluding carboxylic acids is 1. The molecule has 0 aliphatic heterocycles. The monoisotopic (exact) mass is 240 g/mol. The molecule has 3 atom stereocenters. The Morgan fingerprint density at radius 2 is 1.94 bits per heavy atom. The van der Waals surface area contributed by atoms with Crippen LogP contribution in [0.25, 0.3) is 0 Å². The average molecular weight is 240 g/mol. The molecule has 3 unspecified atom stereocenters. The van der Waals surface area contributed by atoms with Crippen molar-refractivity contribution in [2.24, 2.45) is 23.5 Å². The average Bonchev–Trinajstić information content (AvgIpc) is 2.29. The van der Waals surface area contributed by atoms with Crippen molar-refractivity contribution in [3.05, 3.63) is 0 Å². The van der Waals surface area contributed by atoms with Gasteiger partial charge in [0.2, 0.25) is 5.91 Å². The fourth-order valence-electron chi connectivity index (χ4n) is 2.31. The van der Waals surface area contributed by atoms with Gasteiger partial charge in [-0.15, -0.1) is 0 Å². The van der Waals surface area contributed by atoms with Crippen molar-refractivity contribution < 1.29 is 4.79 Å². The van der Waals surface area contributed by atoms with Crippen LogP contribution in [0.15, 0.2) is 0 Å². The van der Waals surface area contributed by atoms with E-state index in [-0.39, 0.29) is 11.9 Å². The summed E-state index contributed by atoms with van der Waals surface area (Å²) >= 11 is 0. The van der Waals surface area contributed by atoms with Gasteiger partial charge in [-0.25, -0.2) is 0 Å². The quantitative estimate of drug-likeness (QED) is 0.774. The summed E-state index contributed by atoms with van der Waals surface area (Å²) in [6.45, 7) is 7.34. The van der Waals surface area contributed by atoms with Crippen molar-refractivity contribution in [3.8, 4) is 0 Å². The minimum atomic E-state index is 0.180. The van der Waals surface area contributed by atoms with E-state index in [1.807, 2.05) is 0 Å². The molecule has 0 aromatic carbocycles. The van der Waals surface area contributed by atoms with Gasteiger partial charge in [0.15, 0.2) is 0 Å². The standard InChI is InChI=1S/C14H28N2O/c1-10(2)11(3)9-16-14(17)8-12-6-4-5-7-13(12)15/h10-13H,4-9,15H2,1-3H3,(H,16,17). The van der Waals surface area contributed by atoms with E-state index in [0.29, 0.717) is 24.2 Å². The second-order valence-electron chi connectivity index (χ2n) is 5.94. The van der Waals surface area contributed by atoms with Gasteiger partial charge in [0, 0.05) is 19.0 Å². The van der Waals surface area contributed by atoms with Crippen LogP contribution in [-0.2, 0) is 4.79 Å². The second kappa shape index (κ2) is 7.00. The minimum absolute atomic E-state index is 0.180. The van der Waals surface area contributed by atoms with Gasteiger partial charge in [-0.05, 0) is 30.6 Å². The molecule has 1 fully saturated rings. The van der Waals surface area contributed by atoms with Gasteiger partial charge in [0.1, 0.15) is 0 Å². The lowest BCUT2D eigenvalue weighted by Crippen LogP contribution is -2.38. The molecule has 0 heterocycles. The van der Waals surface area contributed by atoms with E-state index in [0.717, 1.165) is 19.4 Å². The molecule has 0 aromatic heterocycles. The zero-order chi connectivity index (χ0) is 12.8. The second-order valence-corrected chi connectivity index (χ2v) is 5.94. The van der Waals surface area contributed by atoms with Crippen molar-refractivity contribution >= 4 is 5.91 Å². The maximum absolute atomic E-state index is 11.8. The van der Waals surface area contributed by atoms with E-state index >= 15 is 0 Å². The first-order chi connectivity index (χ1) is 8.00. The molecule has 17 heavy (non-hydrogen) atoms. The summed E-state index contributed by atoms with van der Waals surface area (Å²) in [4.78, 5) is 11.8. The van der Waals surface area contributed by atoms with Crippen molar-refractivity contribution in [3.63, 3.8) is 0 Å². The molecule has 0 saturated heterocycles. The number of hydrogen-bond donors (Lipinski definition) is 2. The van der Waals surface area contributed by atoms with Crippen LogP contribution in [0.2, 0.25) is 0 Å². The molecule has 1 amide bonds. The maximum Gasteiger partial charge on any atom is 0.220 e. The molecular formula is C14H28N2O. The summed E-state index contributed by atoms with van der Waals surface area (Å²) in [7, 11) is 0. The Morgan fingerprint density at radius 1 is 1.29 bits per heavy atom. The number of carbonyl (C=O) groups is 1. The first-order valence-electron chi connectivity index (χ1n) is 7.03. The summed E-state index contributed by atoms with van der Waals surface area (Å²) in [5.41, 5.74) is 6.05. The Balaban J connectivity index is 2.24. The highest BCUT2D eigenvalue weighted by Crippen LogP contribution is 2.25. The Hall–Kier alpha value is -0.570. The molecule has 3 nitrogen and oxygen atoms in total. The minimum Gasteiger partial charge on any atom is -0.356 e. The first kappa shape index (κ1) is 14.5. The summed E-state index contributed by atoms with van der Waals surface area (Å²) in [6.07, 6.45) is 5.28. The first-order valence-corrected chi connectivity index (χ1v) is 7.03. The highest BCUT2D eigenvalue weighted by molar-refractivity contribution is 5.76. The van der Waals surface area contributed by atoms with Gasteiger partial charge in [-0.1, -0.05) is 33.6 Å². The third-order valence-corrected chi connectivity index (χ3v) is 4.17. The fourth-order valence-corrected chi connectivity index (χ4v) is 2.31. The number of rotatable bonds is 5. The molecule has 0 bridgehead atoms. The number of hydrogen-bond acceptors (Lipinski definition) is 2. The highest BCUT2D eigenvalue weighted by Gasteiger charge is 2.24. The van der Waals surface area contributed by atoms with Crippen LogP contribution >= 0.6 is 0 Å². The SMILES string of the molecule is CC(C)C(C)CNC(=O)CC1CCCCC1N. The normalized spacial score (nSPS) is 26.9. The third-order valence-electron chi connectivity index (χ3n) is 4.17. The van der Waals surface area contributed by atoms with Crippen LogP contribution in [0.5, 0.6) is 0 Å². The van der Waals surface area contributed by atoms with Crippen LogP contribution in [0.1, 0.15) is 52.9 Å². The third kappa shape index (κ3) is 5.07. The number of nitrogens with one attached hydrogen (secondary N) is 1. The van der Waals surface area contributed by atoms with Gasteiger partial charge >= 0.3 is 0 Å². The van der Waals surface area contributed by atoms with E-state index in [2.05, 4.69) is 26.1 Å². The van der Waals surface area contributed by atoms with Crippen molar-refractivity contribution in [1.29, 1.82) is 0 Å². The molecular weight excluding hydrogens is 212 g/mol. The van der Waals surface area contributed by atoms with E-state index in [1.54, 1.807) is 0 Å². The molecule has 1 aliphatic carbocycles. The van der Waals surface area contributed by atoms with E-state index < -0.39 is 0 Å². The number of nitrogens with two attached hydrogens (primary N) is 1. The van der Waals surface area contributed by atoms with Crippen molar-refractivity contribution in [2.75, 3.05) is 6.54 Å². The van der Waals surface area contributed by atoms with E-state index in [9.17, 15) is 4.79 Å². The lowest BCUT2D eigenvalue weighted by molar-refractivity contribution is -0.122. The zero-order valence-corrected chi connectivity index (χ0v) is 11.5. The molecule has 1 saturated carbocycles. The molecule has 100 valence electrons. The predicted octanol–water partition coefficient (Wildman–Crippen LogP) is 2.30. The largest absolute Gasteiger partial charge is 0.356 e. The molecule has 1 aliphatic rings. The Kier molecular flexibility index (Phi) is 5.96. The van der Waals surface area contributed by atoms with Crippen LogP contribution in [0, 0.1) is 17.8 Å². The highest BCUT2D eigenvalue weighted by atomic mass is 16.1. The van der Waals surface area contributed by atoms with E-state index in [4.69, 9.17) is 5.73 Å². The summed E-state index contributed by atoms with van der Waals surface area (Å²) in [5, 5.41) is 3.04. The van der Waals surface area contributed by atoms with Crippen molar-refractivity contribution in [2.45, 2.75) is 58.9 Å². The van der Waals surface area contributed by atoms with Gasteiger partial charge in [0.25, 0.3) is 0 Å². The lowest BCUT2D eigenvalue weighted by atomic mass is 9.83. The van der Waals surface area contributed by atoms with Crippen LogP contribution < -0.4 is 11.1 Å². The molecule has 0 spiro atoms. The maximum atomic E-state index is 11.8. The summed E-state index contributed by atoms with van der Waals surface area (Å²) in [5.74, 6) is 1.74. The Labute approximate surface area is 106 Å². The fraction of sp³-hybridized carbons (Fsp3) is 0.929. The molecule has 0 aromatic rings. The lowest BCUT2D eigenvalue weighted by Gasteiger charge is -2.28.